The summed E-state index contributed by atoms with van der Waals surface area (Å²) in [5, 5.41) is 20.4. The summed E-state index contributed by atoms with van der Waals surface area (Å²) in [6, 6.07) is 9.85. The highest BCUT2D eigenvalue weighted by molar-refractivity contribution is 5.89. The van der Waals surface area contributed by atoms with Crippen molar-refractivity contribution in [2.45, 2.75) is 12.7 Å². The monoisotopic (exact) mass is 450 g/mol. The Kier molecular flexibility index (Phi) is 7.15. The number of ether oxygens (including phenoxy) is 1. The van der Waals surface area contributed by atoms with E-state index >= 15 is 0 Å². The molecule has 0 aliphatic carbocycles. The van der Waals surface area contributed by atoms with Gasteiger partial charge in [0.05, 0.1) is 43.5 Å². The molecule has 32 heavy (non-hydrogen) atoms. The van der Waals surface area contributed by atoms with E-state index in [1.54, 1.807) is 30.3 Å². The second kappa shape index (κ2) is 10.0. The number of methoxy groups -OCH3 is 1. The van der Waals surface area contributed by atoms with Crippen molar-refractivity contribution in [2.24, 2.45) is 0 Å². The van der Waals surface area contributed by atoms with E-state index in [2.05, 4.69) is 26.0 Å². The van der Waals surface area contributed by atoms with Crippen LogP contribution in [0.5, 0.6) is 5.75 Å². The third-order valence-corrected chi connectivity index (χ3v) is 4.24. The maximum atomic E-state index is 13.2. The van der Waals surface area contributed by atoms with Crippen molar-refractivity contribution in [3.63, 3.8) is 0 Å². The van der Waals surface area contributed by atoms with Crippen LogP contribution in [0, 0.1) is 0 Å². The van der Waals surface area contributed by atoms with Gasteiger partial charge >= 0.3 is 12.2 Å². The molecule has 1 aromatic carbocycles. The summed E-state index contributed by atoms with van der Waals surface area (Å²) < 4.78 is 45.9. The summed E-state index contributed by atoms with van der Waals surface area (Å²) in [7, 11) is 1.44. The zero-order valence-electron chi connectivity index (χ0n) is 17.0. The van der Waals surface area contributed by atoms with Gasteiger partial charge in [-0.15, -0.1) is 0 Å². The molecule has 0 spiro atoms. The Morgan fingerprint density at radius 3 is 2.69 bits per heavy atom. The Morgan fingerprint density at radius 2 is 2.03 bits per heavy atom. The number of anilines is 2. The van der Waals surface area contributed by atoms with Crippen LogP contribution in [-0.4, -0.2) is 46.2 Å². The standard InChI is InChI=1S/C20H21F3N6O3/c1-32-16-4-2-3-14(9-16)29-15(10-17(28-29)20(21,22)23)12-26-19(31)27-13-5-6-18(25-11-13)24-7-8-30/h2-6,9-11,30H,7-8,12H2,1H3,(H,24,25)(H2,26,27,31). The van der Waals surface area contributed by atoms with Crippen molar-refractivity contribution in [3.05, 3.63) is 60.0 Å². The van der Waals surface area contributed by atoms with E-state index < -0.39 is 17.9 Å². The number of aliphatic hydroxyl groups excluding tert-OH is 1. The summed E-state index contributed by atoms with van der Waals surface area (Å²) in [5.74, 6) is 0.972. The molecule has 0 saturated carbocycles. The van der Waals surface area contributed by atoms with Crippen LogP contribution in [0.3, 0.4) is 0 Å². The Morgan fingerprint density at radius 1 is 1.22 bits per heavy atom. The molecule has 2 amide bonds. The van der Waals surface area contributed by atoms with Gasteiger partial charge in [-0.05, 0) is 30.3 Å². The Balaban J connectivity index is 1.72. The van der Waals surface area contributed by atoms with E-state index in [0.29, 0.717) is 29.5 Å². The van der Waals surface area contributed by atoms with Crippen LogP contribution < -0.4 is 20.7 Å². The molecule has 0 saturated heterocycles. The first-order valence-electron chi connectivity index (χ1n) is 9.46. The number of carbonyl (C=O) groups is 1. The average molecular weight is 450 g/mol. The maximum Gasteiger partial charge on any atom is 0.435 e. The number of nitrogens with one attached hydrogen (secondary N) is 3. The van der Waals surface area contributed by atoms with Gasteiger partial charge < -0.3 is 25.8 Å². The normalized spacial score (nSPS) is 11.2. The van der Waals surface area contributed by atoms with Crippen molar-refractivity contribution in [3.8, 4) is 11.4 Å². The molecule has 12 heteroatoms. The molecule has 3 rings (SSSR count). The fourth-order valence-electron chi connectivity index (χ4n) is 2.75. The van der Waals surface area contributed by atoms with Gasteiger partial charge in [0.25, 0.3) is 0 Å². The van der Waals surface area contributed by atoms with Gasteiger partial charge in [0.1, 0.15) is 11.6 Å². The van der Waals surface area contributed by atoms with Crippen molar-refractivity contribution in [2.75, 3.05) is 30.9 Å². The molecule has 0 aliphatic rings. The quantitative estimate of drug-likeness (QED) is 0.420. The second-order valence-electron chi connectivity index (χ2n) is 6.52. The molecule has 9 nitrogen and oxygen atoms in total. The van der Waals surface area contributed by atoms with Crippen molar-refractivity contribution < 1.29 is 27.8 Å². The number of nitrogens with zero attached hydrogens (tertiary/aromatic N) is 3. The number of aromatic nitrogens is 3. The lowest BCUT2D eigenvalue weighted by Gasteiger charge is -2.11. The summed E-state index contributed by atoms with van der Waals surface area (Å²) in [4.78, 5) is 16.3. The van der Waals surface area contributed by atoms with Crippen LogP contribution in [-0.2, 0) is 12.7 Å². The highest BCUT2D eigenvalue weighted by Gasteiger charge is 2.35. The minimum Gasteiger partial charge on any atom is -0.497 e. The third kappa shape index (κ3) is 5.88. The van der Waals surface area contributed by atoms with Crippen LogP contribution in [0.25, 0.3) is 5.69 Å². The fraction of sp³-hybridized carbons (Fsp3) is 0.250. The van der Waals surface area contributed by atoms with Gasteiger partial charge in [-0.2, -0.15) is 18.3 Å². The number of hydrogen-bond donors (Lipinski definition) is 4. The molecule has 0 atom stereocenters. The molecule has 3 aromatic rings. The lowest BCUT2D eigenvalue weighted by Crippen LogP contribution is -2.29. The van der Waals surface area contributed by atoms with Gasteiger partial charge in [0.15, 0.2) is 5.69 Å². The number of carbonyl (C=O) groups excluding carboxylic acids is 1. The highest BCUT2D eigenvalue weighted by Crippen LogP contribution is 2.30. The Bertz CT molecular complexity index is 1050. The van der Waals surface area contributed by atoms with E-state index in [1.165, 1.54) is 19.4 Å². The molecule has 0 aliphatic heterocycles. The smallest absolute Gasteiger partial charge is 0.435 e. The minimum atomic E-state index is -4.64. The van der Waals surface area contributed by atoms with E-state index in [9.17, 15) is 18.0 Å². The molecule has 4 N–H and O–H groups in total. The van der Waals surface area contributed by atoms with Gasteiger partial charge in [-0.3, -0.25) is 0 Å². The molecule has 0 unspecified atom stereocenters. The molecular weight excluding hydrogens is 429 g/mol. The van der Waals surface area contributed by atoms with Gasteiger partial charge in [0, 0.05) is 12.6 Å². The topological polar surface area (TPSA) is 113 Å². The molecular formula is C20H21F3N6O3. The summed E-state index contributed by atoms with van der Waals surface area (Å²) in [6.07, 6.45) is -3.24. The van der Waals surface area contributed by atoms with E-state index in [4.69, 9.17) is 9.84 Å². The minimum absolute atomic E-state index is 0.0491. The molecule has 2 aromatic heterocycles. The molecule has 170 valence electrons. The van der Waals surface area contributed by atoms with Gasteiger partial charge in [-0.1, -0.05) is 6.07 Å². The lowest BCUT2D eigenvalue weighted by molar-refractivity contribution is -0.141. The van der Waals surface area contributed by atoms with Crippen LogP contribution in [0.4, 0.5) is 29.5 Å². The first kappa shape index (κ1) is 22.9. The molecule has 0 bridgehead atoms. The average Bonchev–Trinajstić information content (AvgIpc) is 3.22. The molecule has 0 radical (unpaired) electrons. The Hall–Kier alpha value is -3.80. The van der Waals surface area contributed by atoms with Crippen LogP contribution in [0.1, 0.15) is 11.4 Å². The number of aliphatic hydroxyl groups is 1. The summed E-state index contributed by atoms with van der Waals surface area (Å²) in [5.41, 5.74) is -0.211. The van der Waals surface area contributed by atoms with Gasteiger partial charge in [-0.25, -0.2) is 14.5 Å². The number of pyridine rings is 1. The third-order valence-electron chi connectivity index (χ3n) is 4.24. The number of alkyl halides is 3. The number of rotatable bonds is 8. The second-order valence-corrected chi connectivity index (χ2v) is 6.52. The van der Waals surface area contributed by atoms with Gasteiger partial charge in [0.2, 0.25) is 0 Å². The van der Waals surface area contributed by atoms with E-state index in [-0.39, 0.29) is 18.8 Å². The predicted molar refractivity (Wildman–Crippen MR) is 111 cm³/mol. The van der Waals surface area contributed by atoms with Crippen molar-refractivity contribution in [1.82, 2.24) is 20.1 Å². The van der Waals surface area contributed by atoms with Crippen molar-refractivity contribution in [1.29, 1.82) is 0 Å². The van der Waals surface area contributed by atoms with Crippen LogP contribution in [0.15, 0.2) is 48.7 Å². The fourth-order valence-corrected chi connectivity index (χ4v) is 2.75. The zero-order valence-corrected chi connectivity index (χ0v) is 17.0. The summed E-state index contributed by atoms with van der Waals surface area (Å²) in [6.45, 7) is 0.0727. The lowest BCUT2D eigenvalue weighted by atomic mass is 10.3. The number of benzene rings is 1. The SMILES string of the molecule is COc1cccc(-n2nc(C(F)(F)F)cc2CNC(=O)Nc2ccc(NCCO)nc2)c1. The van der Waals surface area contributed by atoms with E-state index in [0.717, 1.165) is 10.7 Å². The van der Waals surface area contributed by atoms with Crippen LogP contribution in [0.2, 0.25) is 0 Å². The first-order chi connectivity index (χ1) is 15.3. The predicted octanol–water partition coefficient (Wildman–Crippen LogP) is 3.02. The highest BCUT2D eigenvalue weighted by atomic mass is 19.4. The summed E-state index contributed by atoms with van der Waals surface area (Å²) >= 11 is 0. The number of hydrogen-bond acceptors (Lipinski definition) is 6. The molecule has 2 heterocycles. The Labute approximate surface area is 181 Å². The largest absolute Gasteiger partial charge is 0.497 e. The van der Waals surface area contributed by atoms with Crippen molar-refractivity contribution >= 4 is 17.5 Å². The van der Waals surface area contributed by atoms with Crippen LogP contribution >= 0.6 is 0 Å². The number of urea groups is 1. The number of halogens is 3. The zero-order chi connectivity index (χ0) is 23.1. The van der Waals surface area contributed by atoms with E-state index in [1.807, 2.05) is 0 Å². The number of amides is 2. The first-order valence-corrected chi connectivity index (χ1v) is 9.46. The maximum absolute atomic E-state index is 13.2. The molecule has 0 fully saturated rings.